The molecular formula is C19H21NO. The fourth-order valence-corrected chi connectivity index (χ4v) is 3.56. The summed E-state index contributed by atoms with van der Waals surface area (Å²) < 4.78 is 6.48. The van der Waals surface area contributed by atoms with E-state index in [-0.39, 0.29) is 5.60 Å². The average molecular weight is 279 g/mol. The molecule has 108 valence electrons. The fourth-order valence-electron chi connectivity index (χ4n) is 3.56. The van der Waals surface area contributed by atoms with Crippen LogP contribution in [0.3, 0.4) is 0 Å². The van der Waals surface area contributed by atoms with Crippen molar-refractivity contribution in [1.82, 2.24) is 5.32 Å². The van der Waals surface area contributed by atoms with E-state index in [0.29, 0.717) is 0 Å². The van der Waals surface area contributed by atoms with Crippen LogP contribution in [-0.2, 0) is 4.74 Å². The van der Waals surface area contributed by atoms with Crippen LogP contribution in [0.4, 0.5) is 0 Å². The molecule has 0 atom stereocenters. The summed E-state index contributed by atoms with van der Waals surface area (Å²) in [6, 6.07) is 10.7. The first kappa shape index (κ1) is 12.9. The number of hydrogen-bond acceptors (Lipinski definition) is 2. The van der Waals surface area contributed by atoms with Crippen molar-refractivity contribution in [3.05, 3.63) is 65.5 Å². The maximum Gasteiger partial charge on any atom is 0.130 e. The minimum Gasteiger partial charge on any atom is -0.487 e. The number of nitrogens with one attached hydrogen (secondary N) is 1. The third-order valence-electron chi connectivity index (χ3n) is 4.68. The van der Waals surface area contributed by atoms with Crippen LogP contribution in [0.5, 0.6) is 0 Å². The molecule has 1 fully saturated rings. The number of hydrogen-bond donors (Lipinski definition) is 1. The first-order valence-electron chi connectivity index (χ1n) is 7.94. The molecule has 0 bridgehead atoms. The van der Waals surface area contributed by atoms with Gasteiger partial charge in [0.1, 0.15) is 11.4 Å². The molecule has 2 heteroatoms. The number of rotatable bonds is 1. The summed E-state index contributed by atoms with van der Waals surface area (Å²) in [5.74, 6) is 1.20. The highest BCUT2D eigenvalue weighted by Gasteiger charge is 2.37. The highest BCUT2D eigenvalue weighted by molar-refractivity contribution is 5.84. The lowest BCUT2D eigenvalue weighted by Gasteiger charge is -2.41. The van der Waals surface area contributed by atoms with Gasteiger partial charge in [0.15, 0.2) is 0 Å². The first-order valence-corrected chi connectivity index (χ1v) is 7.94. The molecule has 0 unspecified atom stereocenters. The van der Waals surface area contributed by atoms with Crippen LogP contribution >= 0.6 is 0 Å². The molecule has 3 aliphatic rings. The van der Waals surface area contributed by atoms with Gasteiger partial charge in [-0.3, -0.25) is 0 Å². The largest absolute Gasteiger partial charge is 0.487 e. The van der Waals surface area contributed by atoms with E-state index in [0.717, 1.165) is 38.8 Å². The zero-order chi connectivity index (χ0) is 14.1. The van der Waals surface area contributed by atoms with E-state index in [9.17, 15) is 0 Å². The lowest BCUT2D eigenvalue weighted by molar-refractivity contribution is 0.0107. The van der Waals surface area contributed by atoms with Crippen LogP contribution in [0.1, 0.15) is 31.2 Å². The number of piperidine rings is 1. The van der Waals surface area contributed by atoms with E-state index < -0.39 is 0 Å². The van der Waals surface area contributed by atoms with E-state index in [1.807, 2.05) is 0 Å². The van der Waals surface area contributed by atoms with Gasteiger partial charge in [-0.25, -0.2) is 0 Å². The zero-order valence-electron chi connectivity index (χ0n) is 12.3. The van der Waals surface area contributed by atoms with Crippen LogP contribution < -0.4 is 5.32 Å². The Morgan fingerprint density at radius 3 is 2.67 bits per heavy atom. The third kappa shape index (κ3) is 2.34. The second-order valence-electron chi connectivity index (χ2n) is 6.12. The van der Waals surface area contributed by atoms with Gasteiger partial charge in [-0.15, -0.1) is 0 Å². The van der Waals surface area contributed by atoms with Gasteiger partial charge >= 0.3 is 0 Å². The SMILES string of the molecule is C1=CC2=C(CC1)OC1(C=C2c2ccccc2)CCNCC1. The zero-order valence-corrected chi connectivity index (χ0v) is 12.3. The smallest absolute Gasteiger partial charge is 0.130 e. The van der Waals surface area contributed by atoms with Gasteiger partial charge in [-0.2, -0.15) is 0 Å². The molecule has 1 aliphatic carbocycles. The van der Waals surface area contributed by atoms with Crippen molar-refractivity contribution < 1.29 is 4.74 Å². The Bertz CT molecular complexity index is 618. The Kier molecular flexibility index (Phi) is 3.19. The van der Waals surface area contributed by atoms with E-state index in [2.05, 4.69) is 53.9 Å². The summed E-state index contributed by atoms with van der Waals surface area (Å²) in [6.07, 6.45) is 11.1. The molecule has 2 nitrogen and oxygen atoms in total. The van der Waals surface area contributed by atoms with Gasteiger partial charge in [0.05, 0.1) is 0 Å². The second-order valence-corrected chi connectivity index (χ2v) is 6.12. The first-order chi connectivity index (χ1) is 10.4. The molecule has 2 aliphatic heterocycles. The maximum atomic E-state index is 6.48. The molecule has 0 aromatic heterocycles. The molecule has 1 aromatic carbocycles. The molecule has 2 heterocycles. The maximum absolute atomic E-state index is 6.48. The molecule has 1 saturated heterocycles. The van der Waals surface area contributed by atoms with E-state index in [1.54, 1.807) is 0 Å². The predicted octanol–water partition coefficient (Wildman–Crippen LogP) is 3.83. The molecule has 21 heavy (non-hydrogen) atoms. The van der Waals surface area contributed by atoms with E-state index in [1.165, 1.54) is 22.5 Å². The number of ether oxygens (including phenoxy) is 1. The molecule has 0 amide bonds. The van der Waals surface area contributed by atoms with Crippen LogP contribution in [-0.4, -0.2) is 18.7 Å². The summed E-state index contributed by atoms with van der Waals surface area (Å²) in [6.45, 7) is 2.08. The number of benzene rings is 1. The lowest BCUT2D eigenvalue weighted by Crippen LogP contribution is -2.44. The van der Waals surface area contributed by atoms with Crippen molar-refractivity contribution in [3.8, 4) is 0 Å². The van der Waals surface area contributed by atoms with Gasteiger partial charge in [0.25, 0.3) is 0 Å². The standard InChI is InChI=1S/C19H21NO/c1-2-6-15(7-3-1)17-14-19(10-12-20-13-11-19)21-18-9-5-4-8-16(17)18/h1-4,6-8,14,20H,5,9-13H2. The van der Waals surface area contributed by atoms with E-state index in [4.69, 9.17) is 4.74 Å². The quantitative estimate of drug-likeness (QED) is 0.843. The molecule has 4 rings (SSSR count). The topological polar surface area (TPSA) is 21.3 Å². The third-order valence-corrected chi connectivity index (χ3v) is 4.68. The monoisotopic (exact) mass is 279 g/mol. The summed E-state index contributed by atoms with van der Waals surface area (Å²) in [5.41, 5.74) is 3.85. The van der Waals surface area contributed by atoms with Crippen molar-refractivity contribution in [2.24, 2.45) is 0 Å². The fraction of sp³-hybridized carbons (Fsp3) is 0.368. The van der Waals surface area contributed by atoms with Crippen molar-refractivity contribution in [2.75, 3.05) is 13.1 Å². The Balaban J connectivity index is 1.81. The molecule has 0 saturated carbocycles. The van der Waals surface area contributed by atoms with Crippen LogP contribution in [0, 0.1) is 0 Å². The minimum absolute atomic E-state index is 0.0968. The summed E-state index contributed by atoms with van der Waals surface area (Å²) in [5, 5.41) is 3.44. The van der Waals surface area contributed by atoms with Gasteiger partial charge in [0, 0.05) is 24.8 Å². The molecule has 1 N–H and O–H groups in total. The normalized spacial score (nSPS) is 23.5. The lowest BCUT2D eigenvalue weighted by atomic mass is 9.81. The van der Waals surface area contributed by atoms with Gasteiger partial charge in [-0.05, 0) is 36.7 Å². The van der Waals surface area contributed by atoms with Gasteiger partial charge < -0.3 is 10.1 Å². The van der Waals surface area contributed by atoms with E-state index >= 15 is 0 Å². The van der Waals surface area contributed by atoms with Crippen molar-refractivity contribution >= 4 is 5.57 Å². The minimum atomic E-state index is -0.0968. The predicted molar refractivity (Wildman–Crippen MR) is 85.7 cm³/mol. The Morgan fingerprint density at radius 1 is 1.05 bits per heavy atom. The molecular weight excluding hydrogens is 258 g/mol. The highest BCUT2D eigenvalue weighted by atomic mass is 16.5. The average Bonchev–Trinajstić information content (AvgIpc) is 2.56. The number of allylic oxidation sites excluding steroid dienone is 5. The highest BCUT2D eigenvalue weighted by Crippen LogP contribution is 2.43. The molecule has 1 spiro atoms. The summed E-state index contributed by atoms with van der Waals surface area (Å²) in [4.78, 5) is 0. The Morgan fingerprint density at radius 2 is 1.86 bits per heavy atom. The van der Waals surface area contributed by atoms with Crippen molar-refractivity contribution in [3.63, 3.8) is 0 Å². The Labute approximate surface area is 126 Å². The van der Waals surface area contributed by atoms with Crippen LogP contribution in [0.15, 0.2) is 59.9 Å². The van der Waals surface area contributed by atoms with Gasteiger partial charge in [0.2, 0.25) is 0 Å². The summed E-state index contributed by atoms with van der Waals surface area (Å²) >= 11 is 0. The summed E-state index contributed by atoms with van der Waals surface area (Å²) in [7, 11) is 0. The molecule has 0 radical (unpaired) electrons. The van der Waals surface area contributed by atoms with Gasteiger partial charge in [-0.1, -0.05) is 42.5 Å². The van der Waals surface area contributed by atoms with Crippen molar-refractivity contribution in [2.45, 2.75) is 31.3 Å². The Hall–Kier alpha value is -1.80. The van der Waals surface area contributed by atoms with Crippen LogP contribution in [0.25, 0.3) is 5.57 Å². The second kappa shape index (κ2) is 5.19. The molecule has 1 aromatic rings. The van der Waals surface area contributed by atoms with Crippen LogP contribution in [0.2, 0.25) is 0 Å². The van der Waals surface area contributed by atoms with Crippen molar-refractivity contribution in [1.29, 1.82) is 0 Å².